The van der Waals surface area contributed by atoms with Gasteiger partial charge in [0.2, 0.25) is 0 Å². The number of nitrogens with zero attached hydrogens (tertiary/aromatic N) is 2. The zero-order valence-electron chi connectivity index (χ0n) is 15.5. The summed E-state index contributed by atoms with van der Waals surface area (Å²) >= 11 is 0. The number of esters is 1. The lowest BCUT2D eigenvalue weighted by molar-refractivity contribution is -0.136. The lowest BCUT2D eigenvalue weighted by Crippen LogP contribution is -2.31. The minimum absolute atomic E-state index is 0.102. The number of anilines is 1. The molecule has 1 aromatic carbocycles. The van der Waals surface area contributed by atoms with Crippen molar-refractivity contribution in [3.05, 3.63) is 46.9 Å². The highest BCUT2D eigenvalue weighted by atomic mass is 16.5. The molecule has 0 unspecified atom stereocenters. The van der Waals surface area contributed by atoms with E-state index >= 15 is 0 Å². The van der Waals surface area contributed by atoms with Crippen molar-refractivity contribution in [1.82, 2.24) is 14.9 Å². The van der Waals surface area contributed by atoms with Gasteiger partial charge in [0.15, 0.2) is 0 Å². The van der Waals surface area contributed by atoms with Crippen molar-refractivity contribution in [2.75, 3.05) is 32.1 Å². The molecule has 3 rings (SSSR count). The van der Waals surface area contributed by atoms with Crippen LogP contribution in [0.3, 0.4) is 0 Å². The van der Waals surface area contributed by atoms with Crippen LogP contribution in [-0.2, 0) is 14.3 Å². The molecule has 0 bridgehead atoms. The summed E-state index contributed by atoms with van der Waals surface area (Å²) < 4.78 is 4.79. The highest BCUT2D eigenvalue weighted by molar-refractivity contribution is 6.08. The standard InChI is InChI=1S/C19H22N4O4/c1-11-12(2)21-17(20-11)13-5-4-6-14(9-13)22-16-15(19(26)27-3)10-23(7-8-24)18(16)25/h4-6,9,22,24H,7-8,10H2,1-3H3,(H,20,21). The molecule has 1 amide bonds. The van der Waals surface area contributed by atoms with Crippen LogP contribution in [-0.4, -0.2) is 58.7 Å². The summed E-state index contributed by atoms with van der Waals surface area (Å²) in [6.07, 6.45) is 0. The topological polar surface area (TPSA) is 108 Å². The first-order valence-corrected chi connectivity index (χ1v) is 8.57. The number of carbonyl (C=O) groups is 2. The molecule has 27 heavy (non-hydrogen) atoms. The largest absolute Gasteiger partial charge is 0.466 e. The van der Waals surface area contributed by atoms with E-state index in [-0.39, 0.29) is 36.9 Å². The van der Waals surface area contributed by atoms with Crippen LogP contribution in [0.25, 0.3) is 11.4 Å². The summed E-state index contributed by atoms with van der Waals surface area (Å²) in [7, 11) is 1.27. The maximum Gasteiger partial charge on any atom is 0.337 e. The summed E-state index contributed by atoms with van der Waals surface area (Å²) in [5, 5.41) is 12.2. The van der Waals surface area contributed by atoms with Crippen molar-refractivity contribution in [1.29, 1.82) is 0 Å². The Morgan fingerprint density at radius 1 is 1.41 bits per heavy atom. The third kappa shape index (κ3) is 3.70. The number of hydrogen-bond donors (Lipinski definition) is 3. The Labute approximate surface area is 156 Å². The van der Waals surface area contributed by atoms with Gasteiger partial charge in [-0.1, -0.05) is 12.1 Å². The number of methoxy groups -OCH3 is 1. The van der Waals surface area contributed by atoms with Crippen molar-refractivity contribution >= 4 is 17.6 Å². The minimum Gasteiger partial charge on any atom is -0.466 e. The summed E-state index contributed by atoms with van der Waals surface area (Å²) in [5.74, 6) is -0.185. The number of nitrogens with one attached hydrogen (secondary N) is 2. The molecule has 2 aromatic rings. The molecule has 0 spiro atoms. The van der Waals surface area contributed by atoms with Crippen molar-refractivity contribution in [3.63, 3.8) is 0 Å². The minimum atomic E-state index is -0.570. The Morgan fingerprint density at radius 3 is 2.81 bits per heavy atom. The second-order valence-electron chi connectivity index (χ2n) is 6.30. The van der Waals surface area contributed by atoms with Crippen LogP contribution in [0.15, 0.2) is 35.5 Å². The van der Waals surface area contributed by atoms with Gasteiger partial charge in [0.1, 0.15) is 11.5 Å². The number of ether oxygens (including phenoxy) is 1. The zero-order chi connectivity index (χ0) is 19.6. The average Bonchev–Trinajstić information content (AvgIpc) is 3.16. The van der Waals surface area contributed by atoms with E-state index in [2.05, 4.69) is 15.3 Å². The molecule has 8 nitrogen and oxygen atoms in total. The Balaban J connectivity index is 1.91. The van der Waals surface area contributed by atoms with Crippen molar-refractivity contribution in [2.24, 2.45) is 0 Å². The van der Waals surface area contributed by atoms with Crippen LogP contribution in [0.2, 0.25) is 0 Å². The molecular formula is C19H22N4O4. The monoisotopic (exact) mass is 370 g/mol. The number of aromatic nitrogens is 2. The summed E-state index contributed by atoms with van der Waals surface area (Å²) in [6, 6.07) is 7.40. The number of aliphatic hydroxyl groups is 1. The first-order chi connectivity index (χ1) is 12.9. The van der Waals surface area contributed by atoms with Crippen molar-refractivity contribution < 1.29 is 19.4 Å². The Morgan fingerprint density at radius 2 is 2.19 bits per heavy atom. The first kappa shape index (κ1) is 18.7. The van der Waals surface area contributed by atoms with Gasteiger partial charge in [-0.3, -0.25) is 4.79 Å². The number of benzene rings is 1. The lowest BCUT2D eigenvalue weighted by atomic mass is 10.1. The van der Waals surface area contributed by atoms with Gasteiger partial charge < -0.3 is 25.0 Å². The van der Waals surface area contributed by atoms with Crippen molar-refractivity contribution in [2.45, 2.75) is 13.8 Å². The molecule has 142 valence electrons. The van der Waals surface area contributed by atoms with Gasteiger partial charge in [-0.15, -0.1) is 0 Å². The van der Waals surface area contributed by atoms with E-state index in [0.29, 0.717) is 5.69 Å². The highest BCUT2D eigenvalue weighted by Crippen LogP contribution is 2.26. The molecule has 3 N–H and O–H groups in total. The number of imidazole rings is 1. The molecule has 0 radical (unpaired) electrons. The second-order valence-corrected chi connectivity index (χ2v) is 6.30. The number of H-pyrrole nitrogens is 1. The number of rotatable bonds is 6. The molecule has 0 aliphatic carbocycles. The van der Waals surface area contributed by atoms with Crippen LogP contribution in [0.4, 0.5) is 5.69 Å². The molecule has 0 atom stereocenters. The van der Waals surface area contributed by atoms with Gasteiger partial charge in [-0.25, -0.2) is 9.78 Å². The molecule has 1 aromatic heterocycles. The first-order valence-electron chi connectivity index (χ1n) is 8.57. The number of amides is 1. The van der Waals surface area contributed by atoms with Crippen LogP contribution < -0.4 is 5.32 Å². The molecule has 0 saturated heterocycles. The maximum atomic E-state index is 12.6. The molecule has 1 aliphatic heterocycles. The van der Waals surface area contributed by atoms with E-state index in [1.807, 2.05) is 32.0 Å². The predicted octanol–water partition coefficient (Wildman–Crippen LogP) is 1.37. The quantitative estimate of drug-likeness (QED) is 0.663. The van der Waals surface area contributed by atoms with Gasteiger partial charge in [-0.2, -0.15) is 0 Å². The summed E-state index contributed by atoms with van der Waals surface area (Å²) in [6.45, 7) is 3.95. The molecule has 0 fully saturated rings. The molecular weight excluding hydrogens is 348 g/mol. The number of carbonyl (C=O) groups excluding carboxylic acids is 2. The van der Waals surface area contributed by atoms with Gasteiger partial charge in [0, 0.05) is 23.5 Å². The molecule has 8 heteroatoms. The summed E-state index contributed by atoms with van der Waals surface area (Å²) in [5.41, 5.74) is 3.82. The number of aromatic amines is 1. The van der Waals surface area contributed by atoms with E-state index in [1.165, 1.54) is 12.0 Å². The van der Waals surface area contributed by atoms with E-state index in [4.69, 9.17) is 9.84 Å². The number of hydrogen-bond acceptors (Lipinski definition) is 6. The molecule has 1 aliphatic rings. The number of aliphatic hydroxyl groups excluding tert-OH is 1. The highest BCUT2D eigenvalue weighted by Gasteiger charge is 2.34. The maximum absolute atomic E-state index is 12.6. The predicted molar refractivity (Wildman–Crippen MR) is 99.8 cm³/mol. The Bertz CT molecular complexity index is 897. The third-order valence-corrected chi connectivity index (χ3v) is 4.49. The number of β-amino-alcohol motifs (C(OH)–C–C–N with tert-alkyl or cyclic N) is 1. The second kappa shape index (κ2) is 7.63. The molecule has 2 heterocycles. The molecule has 0 saturated carbocycles. The zero-order valence-corrected chi connectivity index (χ0v) is 15.5. The number of aryl methyl sites for hydroxylation is 2. The fourth-order valence-electron chi connectivity index (χ4n) is 2.92. The van der Waals surface area contributed by atoms with E-state index in [9.17, 15) is 9.59 Å². The van der Waals surface area contributed by atoms with Crippen LogP contribution >= 0.6 is 0 Å². The van der Waals surface area contributed by atoms with Crippen LogP contribution in [0.1, 0.15) is 11.4 Å². The van der Waals surface area contributed by atoms with E-state index in [1.54, 1.807) is 6.07 Å². The Hall–Kier alpha value is -3.13. The third-order valence-electron chi connectivity index (χ3n) is 4.49. The Kier molecular flexibility index (Phi) is 5.27. The fourth-order valence-corrected chi connectivity index (χ4v) is 2.92. The van der Waals surface area contributed by atoms with Gasteiger partial charge in [0.25, 0.3) is 5.91 Å². The van der Waals surface area contributed by atoms with Gasteiger partial charge >= 0.3 is 5.97 Å². The summed E-state index contributed by atoms with van der Waals surface area (Å²) in [4.78, 5) is 33.8. The van der Waals surface area contributed by atoms with Crippen molar-refractivity contribution in [3.8, 4) is 11.4 Å². The fraction of sp³-hybridized carbons (Fsp3) is 0.316. The van der Waals surface area contributed by atoms with Crippen LogP contribution in [0.5, 0.6) is 0 Å². The average molecular weight is 370 g/mol. The SMILES string of the molecule is COC(=O)C1=C(Nc2cccc(-c3nc(C)c(C)[nH]3)c2)C(=O)N(CCO)C1. The van der Waals surface area contributed by atoms with E-state index < -0.39 is 5.97 Å². The van der Waals surface area contributed by atoms with Gasteiger partial charge in [0.05, 0.1) is 31.5 Å². The lowest BCUT2D eigenvalue weighted by Gasteiger charge is -2.15. The normalized spacial score (nSPS) is 14.1. The smallest absolute Gasteiger partial charge is 0.337 e. The van der Waals surface area contributed by atoms with Crippen LogP contribution in [0, 0.1) is 13.8 Å². The van der Waals surface area contributed by atoms with Gasteiger partial charge in [-0.05, 0) is 26.0 Å². The van der Waals surface area contributed by atoms with E-state index in [0.717, 1.165) is 22.8 Å².